The van der Waals surface area contributed by atoms with Crippen molar-refractivity contribution in [1.82, 2.24) is 10.9 Å². The van der Waals surface area contributed by atoms with Gasteiger partial charge in [0, 0.05) is 5.70 Å². The Kier molecular flexibility index (Phi) is 2.00. The Bertz CT molecular complexity index is 272. The SMILES string of the molecule is CC1CCC2=C(C1)C(C(N)=O)NN2. The summed E-state index contributed by atoms with van der Waals surface area (Å²) in [5, 5.41) is 0. The molecule has 72 valence electrons. The van der Waals surface area contributed by atoms with Gasteiger partial charge in [-0.05, 0) is 30.8 Å². The van der Waals surface area contributed by atoms with Gasteiger partial charge in [0.15, 0.2) is 0 Å². The Hall–Kier alpha value is -1.03. The number of nitrogens with one attached hydrogen (secondary N) is 2. The molecule has 0 aromatic heterocycles. The van der Waals surface area contributed by atoms with Crippen molar-refractivity contribution in [2.75, 3.05) is 0 Å². The van der Waals surface area contributed by atoms with Crippen molar-refractivity contribution in [3.05, 3.63) is 11.3 Å². The topological polar surface area (TPSA) is 67.2 Å². The predicted octanol–water partition coefficient (Wildman–Crippen LogP) is 0.0222. The Balaban J connectivity index is 2.20. The van der Waals surface area contributed by atoms with E-state index in [9.17, 15) is 4.79 Å². The normalized spacial score (nSPS) is 32.7. The molecule has 0 radical (unpaired) electrons. The van der Waals surface area contributed by atoms with Gasteiger partial charge in [0.1, 0.15) is 6.04 Å². The summed E-state index contributed by atoms with van der Waals surface area (Å²) in [6, 6.07) is -0.280. The molecule has 0 fully saturated rings. The van der Waals surface area contributed by atoms with Crippen molar-refractivity contribution >= 4 is 5.91 Å². The largest absolute Gasteiger partial charge is 0.368 e. The summed E-state index contributed by atoms with van der Waals surface area (Å²) in [6.07, 6.45) is 3.22. The molecule has 4 heteroatoms. The monoisotopic (exact) mass is 181 g/mol. The summed E-state index contributed by atoms with van der Waals surface area (Å²) in [6.45, 7) is 2.21. The molecule has 4 nitrogen and oxygen atoms in total. The quantitative estimate of drug-likeness (QED) is 0.534. The average Bonchev–Trinajstić information content (AvgIpc) is 2.46. The maximum atomic E-state index is 11.0. The summed E-state index contributed by atoms with van der Waals surface area (Å²) in [7, 11) is 0. The van der Waals surface area contributed by atoms with Gasteiger partial charge in [0.25, 0.3) is 0 Å². The zero-order valence-corrected chi connectivity index (χ0v) is 7.76. The first-order valence-corrected chi connectivity index (χ1v) is 4.71. The predicted molar refractivity (Wildman–Crippen MR) is 49.3 cm³/mol. The molecule has 1 aliphatic carbocycles. The van der Waals surface area contributed by atoms with Crippen molar-refractivity contribution in [2.45, 2.75) is 32.2 Å². The van der Waals surface area contributed by atoms with Gasteiger partial charge in [0.2, 0.25) is 5.91 Å². The van der Waals surface area contributed by atoms with E-state index in [0.29, 0.717) is 5.92 Å². The maximum absolute atomic E-state index is 11.0. The highest BCUT2D eigenvalue weighted by Crippen LogP contribution is 2.31. The van der Waals surface area contributed by atoms with Gasteiger partial charge in [-0.15, -0.1) is 0 Å². The fourth-order valence-electron chi connectivity index (χ4n) is 2.08. The van der Waals surface area contributed by atoms with E-state index in [4.69, 9.17) is 5.73 Å². The molecule has 1 amide bonds. The number of rotatable bonds is 1. The lowest BCUT2D eigenvalue weighted by atomic mass is 9.85. The van der Waals surface area contributed by atoms with E-state index in [0.717, 1.165) is 12.8 Å². The molecular formula is C9H15N3O. The highest BCUT2D eigenvalue weighted by Gasteiger charge is 2.32. The summed E-state index contributed by atoms with van der Waals surface area (Å²) >= 11 is 0. The number of carbonyl (C=O) groups is 1. The van der Waals surface area contributed by atoms with Gasteiger partial charge in [-0.3, -0.25) is 4.79 Å². The molecule has 13 heavy (non-hydrogen) atoms. The zero-order chi connectivity index (χ0) is 9.42. The van der Waals surface area contributed by atoms with E-state index in [2.05, 4.69) is 17.8 Å². The molecule has 1 aliphatic heterocycles. The van der Waals surface area contributed by atoms with Crippen molar-refractivity contribution in [3.8, 4) is 0 Å². The lowest BCUT2D eigenvalue weighted by molar-refractivity contribution is -0.119. The molecule has 0 spiro atoms. The Labute approximate surface area is 77.5 Å². The minimum Gasteiger partial charge on any atom is -0.368 e. The van der Waals surface area contributed by atoms with Gasteiger partial charge in [-0.25, -0.2) is 5.43 Å². The van der Waals surface area contributed by atoms with Crippen LogP contribution in [0.4, 0.5) is 0 Å². The molecule has 0 aromatic rings. The second kappa shape index (κ2) is 3.03. The van der Waals surface area contributed by atoms with E-state index >= 15 is 0 Å². The van der Waals surface area contributed by atoms with E-state index in [-0.39, 0.29) is 11.9 Å². The summed E-state index contributed by atoms with van der Waals surface area (Å²) in [5.41, 5.74) is 13.6. The molecule has 0 saturated heterocycles. The van der Waals surface area contributed by atoms with Crippen LogP contribution in [0.3, 0.4) is 0 Å². The molecule has 1 heterocycles. The van der Waals surface area contributed by atoms with E-state index in [1.54, 1.807) is 0 Å². The summed E-state index contributed by atoms with van der Waals surface area (Å²) in [5.74, 6) is 0.383. The van der Waals surface area contributed by atoms with Crippen molar-refractivity contribution in [3.63, 3.8) is 0 Å². The molecule has 0 aromatic carbocycles. The van der Waals surface area contributed by atoms with Gasteiger partial charge in [0.05, 0.1) is 0 Å². The first-order chi connectivity index (χ1) is 6.18. The number of nitrogens with two attached hydrogens (primary N) is 1. The Morgan fingerprint density at radius 3 is 3.08 bits per heavy atom. The first-order valence-electron chi connectivity index (χ1n) is 4.71. The summed E-state index contributed by atoms with van der Waals surface area (Å²) < 4.78 is 0. The number of allylic oxidation sites excluding steroid dienone is 1. The molecule has 2 unspecified atom stereocenters. The van der Waals surface area contributed by atoms with Gasteiger partial charge in [-0.1, -0.05) is 6.92 Å². The summed E-state index contributed by atoms with van der Waals surface area (Å²) in [4.78, 5) is 11.0. The number of primary amides is 1. The van der Waals surface area contributed by atoms with Crippen LogP contribution in [-0.4, -0.2) is 11.9 Å². The standard InChI is InChI=1S/C9H15N3O/c1-5-2-3-7-6(4-5)8(9(10)13)12-11-7/h5,8,11-12H,2-4H2,1H3,(H2,10,13). The van der Waals surface area contributed by atoms with Crippen LogP contribution in [0, 0.1) is 5.92 Å². The third-order valence-corrected chi connectivity index (χ3v) is 2.84. The highest BCUT2D eigenvalue weighted by molar-refractivity contribution is 5.84. The molecule has 2 rings (SSSR count). The van der Waals surface area contributed by atoms with Crippen LogP contribution in [0.2, 0.25) is 0 Å². The number of hydrazine groups is 1. The number of hydrogen-bond acceptors (Lipinski definition) is 3. The number of hydrogen-bond donors (Lipinski definition) is 3. The third-order valence-electron chi connectivity index (χ3n) is 2.84. The molecule has 2 atom stereocenters. The van der Waals surface area contributed by atoms with E-state index in [1.807, 2.05) is 0 Å². The minimum absolute atomic E-state index is 0.280. The highest BCUT2D eigenvalue weighted by atomic mass is 16.1. The van der Waals surface area contributed by atoms with E-state index in [1.165, 1.54) is 17.7 Å². The van der Waals surface area contributed by atoms with Gasteiger partial charge < -0.3 is 11.2 Å². The molecule has 0 bridgehead atoms. The lowest BCUT2D eigenvalue weighted by Crippen LogP contribution is -2.42. The molecular weight excluding hydrogens is 166 g/mol. The zero-order valence-electron chi connectivity index (χ0n) is 7.76. The number of carbonyl (C=O) groups excluding carboxylic acids is 1. The molecule has 2 aliphatic rings. The Morgan fingerprint density at radius 2 is 2.38 bits per heavy atom. The van der Waals surface area contributed by atoms with Crippen molar-refractivity contribution in [1.29, 1.82) is 0 Å². The number of amides is 1. The van der Waals surface area contributed by atoms with Crippen LogP contribution < -0.4 is 16.6 Å². The average molecular weight is 181 g/mol. The second-order valence-corrected chi connectivity index (χ2v) is 3.96. The minimum atomic E-state index is -0.286. The van der Waals surface area contributed by atoms with Crippen LogP contribution in [0.15, 0.2) is 11.3 Å². The molecule has 0 saturated carbocycles. The van der Waals surface area contributed by atoms with Crippen LogP contribution in [0.5, 0.6) is 0 Å². The fourth-order valence-corrected chi connectivity index (χ4v) is 2.08. The van der Waals surface area contributed by atoms with Crippen LogP contribution >= 0.6 is 0 Å². The maximum Gasteiger partial charge on any atom is 0.240 e. The van der Waals surface area contributed by atoms with Crippen LogP contribution in [0.25, 0.3) is 0 Å². The van der Waals surface area contributed by atoms with Crippen LogP contribution in [0.1, 0.15) is 26.2 Å². The van der Waals surface area contributed by atoms with Crippen LogP contribution in [-0.2, 0) is 4.79 Å². The third kappa shape index (κ3) is 1.42. The van der Waals surface area contributed by atoms with Crippen molar-refractivity contribution < 1.29 is 4.79 Å². The first kappa shape index (κ1) is 8.56. The fraction of sp³-hybridized carbons (Fsp3) is 0.667. The second-order valence-electron chi connectivity index (χ2n) is 3.96. The lowest BCUT2D eigenvalue weighted by Gasteiger charge is -2.20. The van der Waals surface area contributed by atoms with Gasteiger partial charge >= 0.3 is 0 Å². The smallest absolute Gasteiger partial charge is 0.240 e. The van der Waals surface area contributed by atoms with Gasteiger partial charge in [-0.2, -0.15) is 0 Å². The Morgan fingerprint density at radius 1 is 1.62 bits per heavy atom. The van der Waals surface area contributed by atoms with E-state index < -0.39 is 0 Å². The van der Waals surface area contributed by atoms with Crippen molar-refractivity contribution in [2.24, 2.45) is 11.7 Å². The molecule has 4 N–H and O–H groups in total.